The summed E-state index contributed by atoms with van der Waals surface area (Å²) >= 11 is 0. The number of nitrogens with zero attached hydrogens (tertiary/aromatic N) is 2. The van der Waals surface area contributed by atoms with E-state index in [0.717, 1.165) is 6.07 Å². The van der Waals surface area contributed by atoms with Gasteiger partial charge in [-0.15, -0.1) is 0 Å². The van der Waals surface area contributed by atoms with Crippen LogP contribution >= 0.6 is 0 Å². The van der Waals surface area contributed by atoms with Gasteiger partial charge in [-0.3, -0.25) is 14.9 Å². The van der Waals surface area contributed by atoms with E-state index < -0.39 is 29.3 Å². The zero-order valence-electron chi connectivity index (χ0n) is 10.4. The van der Waals surface area contributed by atoms with Crippen LogP contribution in [0.25, 0.3) is 0 Å². The Hall–Kier alpha value is -2.51. The average molecular weight is 278 g/mol. The highest BCUT2D eigenvalue weighted by Gasteiger charge is 2.51. The maximum Gasteiger partial charge on any atom is 0.322 e. The molecular weight excluding hydrogens is 267 g/mol. The standard InChI is InChI=1S/C12H11FN4O3/c13-8-3-1-2-7(14-8)9(18)17-5-4-12(6-17)10(19)15-11(20)16-12/h1-3H,4-6H2,(H2,15,16,19,20). The Kier molecular flexibility index (Phi) is 2.66. The summed E-state index contributed by atoms with van der Waals surface area (Å²) in [4.78, 5) is 40.0. The van der Waals surface area contributed by atoms with Gasteiger partial charge >= 0.3 is 6.03 Å². The molecule has 2 N–H and O–H groups in total. The predicted octanol–water partition coefficient (Wildman–Crippen LogP) is -0.355. The van der Waals surface area contributed by atoms with Gasteiger partial charge in [0.15, 0.2) is 0 Å². The van der Waals surface area contributed by atoms with E-state index in [2.05, 4.69) is 15.6 Å². The summed E-state index contributed by atoms with van der Waals surface area (Å²) in [5.74, 6) is -1.64. The molecule has 8 heteroatoms. The van der Waals surface area contributed by atoms with Gasteiger partial charge < -0.3 is 10.2 Å². The van der Waals surface area contributed by atoms with Crippen molar-refractivity contribution < 1.29 is 18.8 Å². The number of hydrogen-bond donors (Lipinski definition) is 2. The monoisotopic (exact) mass is 278 g/mol. The molecule has 104 valence electrons. The number of rotatable bonds is 1. The molecule has 0 aromatic carbocycles. The molecule has 3 rings (SSSR count). The van der Waals surface area contributed by atoms with E-state index in [1.54, 1.807) is 0 Å². The van der Waals surface area contributed by atoms with Crippen molar-refractivity contribution in [1.29, 1.82) is 0 Å². The minimum absolute atomic E-state index is 0.0215. The Morgan fingerprint density at radius 2 is 2.20 bits per heavy atom. The van der Waals surface area contributed by atoms with Crippen molar-refractivity contribution in [2.75, 3.05) is 13.1 Å². The lowest BCUT2D eigenvalue weighted by Crippen LogP contribution is -2.49. The topological polar surface area (TPSA) is 91.4 Å². The first-order chi connectivity index (χ1) is 9.50. The fraction of sp³-hybridized carbons (Fsp3) is 0.333. The smallest absolute Gasteiger partial charge is 0.322 e. The van der Waals surface area contributed by atoms with Gasteiger partial charge in [-0.05, 0) is 18.6 Å². The van der Waals surface area contributed by atoms with Crippen LogP contribution in [-0.2, 0) is 4.79 Å². The van der Waals surface area contributed by atoms with Crippen LogP contribution in [-0.4, -0.2) is 46.4 Å². The summed E-state index contributed by atoms with van der Waals surface area (Å²) in [6, 6.07) is 3.38. The molecule has 0 bridgehead atoms. The lowest BCUT2D eigenvalue weighted by atomic mass is 9.99. The van der Waals surface area contributed by atoms with E-state index in [-0.39, 0.29) is 12.2 Å². The molecule has 1 aromatic rings. The summed E-state index contributed by atoms with van der Waals surface area (Å²) in [5.41, 5.74) is -1.09. The number of nitrogens with one attached hydrogen (secondary N) is 2. The highest BCUT2D eigenvalue weighted by atomic mass is 19.1. The van der Waals surface area contributed by atoms with Crippen molar-refractivity contribution in [3.05, 3.63) is 29.8 Å². The zero-order chi connectivity index (χ0) is 14.3. The first kappa shape index (κ1) is 12.5. The van der Waals surface area contributed by atoms with E-state index in [1.165, 1.54) is 17.0 Å². The van der Waals surface area contributed by atoms with Gasteiger partial charge in [-0.2, -0.15) is 4.39 Å². The molecule has 0 saturated carbocycles. The van der Waals surface area contributed by atoms with Crippen LogP contribution in [0.5, 0.6) is 0 Å². The summed E-state index contributed by atoms with van der Waals surface area (Å²) in [6.45, 7) is 0.353. The van der Waals surface area contributed by atoms with E-state index >= 15 is 0 Å². The number of amides is 4. The first-order valence-electron chi connectivity index (χ1n) is 6.06. The molecule has 1 atom stereocenters. The Morgan fingerprint density at radius 3 is 2.85 bits per heavy atom. The quantitative estimate of drug-likeness (QED) is 0.542. The number of halogens is 1. The SMILES string of the molecule is O=C1NC(=O)C2(CCN(C(=O)c3cccc(F)n3)C2)N1. The van der Waals surface area contributed by atoms with Crippen LogP contribution in [0.15, 0.2) is 18.2 Å². The summed E-state index contributed by atoms with van der Waals surface area (Å²) in [5, 5.41) is 4.69. The van der Waals surface area contributed by atoms with E-state index in [9.17, 15) is 18.8 Å². The van der Waals surface area contributed by atoms with Gasteiger partial charge in [0.1, 0.15) is 11.2 Å². The first-order valence-corrected chi connectivity index (χ1v) is 6.06. The number of pyridine rings is 1. The van der Waals surface area contributed by atoms with E-state index in [0.29, 0.717) is 13.0 Å². The molecule has 1 aromatic heterocycles. The zero-order valence-corrected chi connectivity index (χ0v) is 10.4. The van der Waals surface area contributed by atoms with Gasteiger partial charge in [0.05, 0.1) is 6.54 Å². The predicted molar refractivity (Wildman–Crippen MR) is 64.1 cm³/mol. The van der Waals surface area contributed by atoms with Crippen LogP contribution in [0.1, 0.15) is 16.9 Å². The maximum absolute atomic E-state index is 13.0. The van der Waals surface area contributed by atoms with Gasteiger partial charge in [0, 0.05) is 6.54 Å². The molecule has 2 fully saturated rings. The van der Waals surface area contributed by atoms with Gasteiger partial charge in [-0.25, -0.2) is 9.78 Å². The number of carbonyl (C=O) groups is 3. The largest absolute Gasteiger partial charge is 0.334 e. The van der Waals surface area contributed by atoms with Crippen LogP contribution < -0.4 is 10.6 Å². The number of urea groups is 1. The lowest BCUT2D eigenvalue weighted by Gasteiger charge is -2.20. The van der Waals surface area contributed by atoms with Crippen molar-refractivity contribution in [3.63, 3.8) is 0 Å². The molecule has 0 radical (unpaired) electrons. The molecule has 3 heterocycles. The van der Waals surface area contributed by atoms with E-state index in [4.69, 9.17) is 0 Å². The third-order valence-electron chi connectivity index (χ3n) is 3.51. The highest BCUT2D eigenvalue weighted by molar-refractivity contribution is 6.08. The maximum atomic E-state index is 13.0. The highest BCUT2D eigenvalue weighted by Crippen LogP contribution is 2.25. The van der Waals surface area contributed by atoms with Gasteiger partial charge in [0.2, 0.25) is 5.95 Å². The minimum Gasteiger partial charge on any atom is -0.334 e. The molecular formula is C12H11FN4O3. The molecule has 2 aliphatic heterocycles. The van der Waals surface area contributed by atoms with E-state index in [1.807, 2.05) is 0 Å². The summed E-state index contributed by atoms with van der Waals surface area (Å²) < 4.78 is 13.0. The summed E-state index contributed by atoms with van der Waals surface area (Å²) in [7, 11) is 0. The van der Waals surface area contributed by atoms with Crippen molar-refractivity contribution in [1.82, 2.24) is 20.5 Å². The third-order valence-corrected chi connectivity index (χ3v) is 3.51. The molecule has 1 unspecified atom stereocenters. The normalized spacial score (nSPS) is 24.9. The number of carbonyl (C=O) groups excluding carboxylic acids is 3. The number of imide groups is 1. The molecule has 20 heavy (non-hydrogen) atoms. The van der Waals surface area contributed by atoms with Crippen molar-refractivity contribution in [2.45, 2.75) is 12.0 Å². The number of hydrogen-bond acceptors (Lipinski definition) is 4. The minimum atomic E-state index is -1.07. The Morgan fingerprint density at radius 1 is 1.40 bits per heavy atom. The molecule has 2 saturated heterocycles. The Labute approximate surface area is 113 Å². The van der Waals surface area contributed by atoms with Crippen molar-refractivity contribution in [2.24, 2.45) is 0 Å². The second-order valence-corrected chi connectivity index (χ2v) is 4.81. The van der Waals surface area contributed by atoms with Crippen LogP contribution in [0.2, 0.25) is 0 Å². The second-order valence-electron chi connectivity index (χ2n) is 4.81. The second kappa shape index (κ2) is 4.26. The van der Waals surface area contributed by atoms with Crippen molar-refractivity contribution in [3.8, 4) is 0 Å². The lowest BCUT2D eigenvalue weighted by molar-refractivity contribution is -0.123. The Balaban J connectivity index is 1.79. The van der Waals surface area contributed by atoms with Crippen LogP contribution in [0.3, 0.4) is 0 Å². The molecule has 7 nitrogen and oxygen atoms in total. The number of aromatic nitrogens is 1. The van der Waals surface area contributed by atoms with Gasteiger partial charge in [0.25, 0.3) is 11.8 Å². The Bertz CT molecular complexity index is 620. The molecule has 4 amide bonds. The molecule has 2 aliphatic rings. The number of likely N-dealkylation sites (tertiary alicyclic amines) is 1. The van der Waals surface area contributed by atoms with Crippen molar-refractivity contribution >= 4 is 17.8 Å². The van der Waals surface area contributed by atoms with Crippen LogP contribution in [0.4, 0.5) is 9.18 Å². The summed E-state index contributed by atoms with van der Waals surface area (Å²) in [6.07, 6.45) is 0.325. The van der Waals surface area contributed by atoms with Crippen LogP contribution in [0, 0.1) is 5.95 Å². The van der Waals surface area contributed by atoms with Gasteiger partial charge in [-0.1, -0.05) is 6.07 Å². The average Bonchev–Trinajstić information content (AvgIpc) is 2.94. The molecule has 1 spiro atoms. The fourth-order valence-corrected chi connectivity index (χ4v) is 2.49. The fourth-order valence-electron chi connectivity index (χ4n) is 2.49. The molecule has 0 aliphatic carbocycles. The third kappa shape index (κ3) is 1.89.